The van der Waals surface area contributed by atoms with Gasteiger partial charge in [-0.3, -0.25) is 14.5 Å². The van der Waals surface area contributed by atoms with Crippen molar-refractivity contribution in [2.75, 3.05) is 31.1 Å². The highest BCUT2D eigenvalue weighted by molar-refractivity contribution is 7.08. The van der Waals surface area contributed by atoms with E-state index in [4.69, 9.17) is 5.11 Å². The summed E-state index contributed by atoms with van der Waals surface area (Å²) in [5, 5.41) is 12.8. The minimum atomic E-state index is -0.795. The average molecular weight is 280 g/mol. The molecule has 5 nitrogen and oxygen atoms in total. The monoisotopic (exact) mass is 280 g/mol. The van der Waals surface area contributed by atoms with Crippen LogP contribution in [0.25, 0.3) is 0 Å². The molecule has 1 unspecified atom stereocenters. The molecule has 1 atom stereocenters. The lowest BCUT2D eigenvalue weighted by atomic mass is 9.86. The first-order chi connectivity index (χ1) is 9.08. The molecule has 102 valence electrons. The lowest BCUT2D eigenvalue weighted by molar-refractivity contribution is -0.138. The number of carboxylic acid groups (broad SMARTS) is 1. The van der Waals surface area contributed by atoms with E-state index in [1.54, 1.807) is 11.3 Å². The van der Waals surface area contributed by atoms with Gasteiger partial charge in [-0.25, -0.2) is 0 Å². The molecule has 3 heterocycles. The van der Waals surface area contributed by atoms with Gasteiger partial charge in [-0.05, 0) is 24.4 Å². The molecule has 0 saturated carbocycles. The van der Waals surface area contributed by atoms with Crippen molar-refractivity contribution in [3.05, 3.63) is 16.8 Å². The van der Waals surface area contributed by atoms with Crippen LogP contribution in [-0.2, 0) is 9.59 Å². The van der Waals surface area contributed by atoms with Gasteiger partial charge in [0.15, 0.2) is 0 Å². The lowest BCUT2D eigenvalue weighted by Crippen LogP contribution is -2.33. The second-order valence-electron chi connectivity index (χ2n) is 5.49. The number of carboxylic acids is 1. The van der Waals surface area contributed by atoms with Gasteiger partial charge in [0, 0.05) is 30.3 Å². The third-order valence-corrected chi connectivity index (χ3v) is 4.69. The Hall–Kier alpha value is -1.40. The highest BCUT2D eigenvalue weighted by atomic mass is 32.1. The van der Waals surface area contributed by atoms with Crippen molar-refractivity contribution >= 4 is 28.9 Å². The topological polar surface area (TPSA) is 60.9 Å². The van der Waals surface area contributed by atoms with Crippen LogP contribution in [0.3, 0.4) is 0 Å². The summed E-state index contributed by atoms with van der Waals surface area (Å²) in [6.45, 7) is 2.29. The molecule has 2 aliphatic heterocycles. The molecule has 3 rings (SSSR count). The van der Waals surface area contributed by atoms with Gasteiger partial charge in [0.2, 0.25) is 5.91 Å². The van der Waals surface area contributed by atoms with E-state index in [-0.39, 0.29) is 17.9 Å². The van der Waals surface area contributed by atoms with E-state index < -0.39 is 5.97 Å². The average Bonchev–Trinajstić information content (AvgIpc) is 3.00. The Balaban J connectivity index is 1.71. The van der Waals surface area contributed by atoms with Crippen LogP contribution in [0.2, 0.25) is 0 Å². The first-order valence-corrected chi connectivity index (χ1v) is 7.29. The molecule has 1 amide bonds. The zero-order valence-corrected chi connectivity index (χ0v) is 11.4. The third-order valence-electron chi connectivity index (χ3n) is 4.01. The van der Waals surface area contributed by atoms with E-state index in [9.17, 15) is 9.59 Å². The molecule has 2 aliphatic rings. The van der Waals surface area contributed by atoms with Gasteiger partial charge in [0.1, 0.15) is 0 Å². The summed E-state index contributed by atoms with van der Waals surface area (Å²) in [7, 11) is 0. The number of hydrogen-bond acceptors (Lipinski definition) is 4. The minimum Gasteiger partial charge on any atom is -0.480 e. The van der Waals surface area contributed by atoms with Crippen molar-refractivity contribution in [2.24, 2.45) is 5.41 Å². The number of carbonyl (C=O) groups excluding carboxylic acids is 1. The van der Waals surface area contributed by atoms with E-state index in [2.05, 4.69) is 0 Å². The number of carbonyl (C=O) groups is 2. The fraction of sp³-hybridized carbons (Fsp3) is 0.538. The number of anilines is 1. The van der Waals surface area contributed by atoms with Crippen molar-refractivity contribution in [1.82, 2.24) is 4.90 Å². The number of likely N-dealkylation sites (tertiary alicyclic amines) is 1. The van der Waals surface area contributed by atoms with E-state index in [1.807, 2.05) is 26.6 Å². The van der Waals surface area contributed by atoms with E-state index >= 15 is 0 Å². The molecule has 6 heteroatoms. The second kappa shape index (κ2) is 4.61. The number of aliphatic carboxylic acids is 1. The smallest absolute Gasteiger partial charge is 0.317 e. The van der Waals surface area contributed by atoms with Gasteiger partial charge in [0.25, 0.3) is 0 Å². The Morgan fingerprint density at radius 3 is 3.00 bits per heavy atom. The maximum atomic E-state index is 12.2. The summed E-state index contributed by atoms with van der Waals surface area (Å²) >= 11 is 1.59. The fourth-order valence-electron chi connectivity index (χ4n) is 3.17. The lowest BCUT2D eigenvalue weighted by Gasteiger charge is -2.23. The number of rotatable bonds is 3. The van der Waals surface area contributed by atoms with Crippen LogP contribution in [0.5, 0.6) is 0 Å². The fourth-order valence-corrected chi connectivity index (χ4v) is 3.81. The van der Waals surface area contributed by atoms with Gasteiger partial charge in [0.05, 0.1) is 12.2 Å². The SMILES string of the molecule is O=C(O)CN1CCC2(CC(=O)N(c3ccsc3)C2)C1. The number of nitrogens with zero attached hydrogens (tertiary/aromatic N) is 2. The van der Waals surface area contributed by atoms with Crippen LogP contribution in [0, 0.1) is 5.41 Å². The van der Waals surface area contributed by atoms with Gasteiger partial charge < -0.3 is 10.0 Å². The van der Waals surface area contributed by atoms with Crippen molar-refractivity contribution in [3.63, 3.8) is 0 Å². The first-order valence-electron chi connectivity index (χ1n) is 6.35. The zero-order chi connectivity index (χ0) is 13.5. The summed E-state index contributed by atoms with van der Waals surface area (Å²) in [5.41, 5.74) is 0.928. The maximum absolute atomic E-state index is 12.2. The standard InChI is InChI=1S/C13H16N2O3S/c16-11-5-13(2-3-14(8-13)6-12(17)18)9-15(11)10-1-4-19-7-10/h1,4,7H,2-3,5-6,8-9H2,(H,17,18). The summed E-state index contributed by atoms with van der Waals surface area (Å²) in [6, 6.07) is 1.96. The van der Waals surface area contributed by atoms with Crippen LogP contribution in [-0.4, -0.2) is 48.1 Å². The highest BCUT2D eigenvalue weighted by Gasteiger charge is 2.47. The van der Waals surface area contributed by atoms with Crippen molar-refractivity contribution < 1.29 is 14.7 Å². The minimum absolute atomic E-state index is 0.0472. The van der Waals surface area contributed by atoms with Crippen molar-refractivity contribution in [2.45, 2.75) is 12.8 Å². The van der Waals surface area contributed by atoms with E-state index in [1.165, 1.54) is 0 Å². The van der Waals surface area contributed by atoms with Crippen LogP contribution >= 0.6 is 11.3 Å². The predicted molar refractivity (Wildman–Crippen MR) is 72.4 cm³/mol. The Morgan fingerprint density at radius 1 is 1.47 bits per heavy atom. The molecular weight excluding hydrogens is 264 g/mol. The molecular formula is C13H16N2O3S. The summed E-state index contributed by atoms with van der Waals surface area (Å²) < 4.78 is 0. The summed E-state index contributed by atoms with van der Waals surface area (Å²) in [6.07, 6.45) is 1.45. The Bertz CT molecular complexity index is 502. The number of thiophene rings is 1. The van der Waals surface area contributed by atoms with E-state index in [0.717, 1.165) is 25.2 Å². The van der Waals surface area contributed by atoms with Gasteiger partial charge in [-0.1, -0.05) is 0 Å². The number of hydrogen-bond donors (Lipinski definition) is 1. The quantitative estimate of drug-likeness (QED) is 0.905. The molecule has 0 radical (unpaired) electrons. The highest BCUT2D eigenvalue weighted by Crippen LogP contribution is 2.41. The Kier molecular flexibility index (Phi) is 3.06. The number of amides is 1. The third kappa shape index (κ3) is 2.37. The maximum Gasteiger partial charge on any atom is 0.317 e. The summed E-state index contributed by atoms with van der Waals surface area (Å²) in [5.74, 6) is -0.633. The molecule has 1 aromatic rings. The Labute approximate surface area is 115 Å². The Morgan fingerprint density at radius 2 is 2.32 bits per heavy atom. The molecule has 0 aliphatic carbocycles. The largest absolute Gasteiger partial charge is 0.480 e. The predicted octanol–water partition coefficient (Wildman–Crippen LogP) is 1.26. The molecule has 2 fully saturated rings. The van der Waals surface area contributed by atoms with E-state index in [0.29, 0.717) is 13.0 Å². The van der Waals surface area contributed by atoms with Crippen LogP contribution in [0.15, 0.2) is 16.8 Å². The van der Waals surface area contributed by atoms with Gasteiger partial charge >= 0.3 is 5.97 Å². The van der Waals surface area contributed by atoms with Crippen LogP contribution in [0.4, 0.5) is 5.69 Å². The molecule has 1 spiro atoms. The second-order valence-corrected chi connectivity index (χ2v) is 6.27. The van der Waals surface area contributed by atoms with Gasteiger partial charge in [-0.15, -0.1) is 0 Å². The normalized spacial score (nSPS) is 27.6. The van der Waals surface area contributed by atoms with Crippen molar-refractivity contribution in [1.29, 1.82) is 0 Å². The molecule has 0 bridgehead atoms. The molecule has 1 aromatic heterocycles. The molecule has 0 aromatic carbocycles. The molecule has 1 N–H and O–H groups in total. The zero-order valence-electron chi connectivity index (χ0n) is 10.5. The van der Waals surface area contributed by atoms with Gasteiger partial charge in [-0.2, -0.15) is 11.3 Å². The summed E-state index contributed by atoms with van der Waals surface area (Å²) in [4.78, 5) is 26.7. The van der Waals surface area contributed by atoms with Crippen LogP contribution < -0.4 is 4.90 Å². The molecule has 19 heavy (non-hydrogen) atoms. The van der Waals surface area contributed by atoms with Crippen molar-refractivity contribution in [3.8, 4) is 0 Å². The van der Waals surface area contributed by atoms with Crippen LogP contribution in [0.1, 0.15) is 12.8 Å². The molecule has 2 saturated heterocycles. The first kappa shape index (κ1) is 12.6.